The molecular formula is C17H23+. The van der Waals surface area contributed by atoms with Gasteiger partial charge in [0, 0.05) is 17.8 Å². The SMILES string of the molecule is C[C+]1CC2CCC1(Cc1ccccc1)C2(C)C. The van der Waals surface area contributed by atoms with Gasteiger partial charge in [-0.15, -0.1) is 0 Å². The van der Waals surface area contributed by atoms with Crippen LogP contribution in [0.1, 0.15) is 45.6 Å². The maximum atomic E-state index is 2.50. The van der Waals surface area contributed by atoms with Crippen molar-refractivity contribution in [2.45, 2.75) is 46.5 Å². The highest BCUT2D eigenvalue weighted by Gasteiger charge is 2.69. The molecule has 0 nitrogen and oxygen atoms in total. The van der Waals surface area contributed by atoms with Gasteiger partial charge >= 0.3 is 0 Å². The Labute approximate surface area is 105 Å². The molecule has 0 aliphatic heterocycles. The van der Waals surface area contributed by atoms with E-state index in [1.165, 1.54) is 31.2 Å². The molecule has 2 unspecified atom stereocenters. The summed E-state index contributed by atoms with van der Waals surface area (Å²) < 4.78 is 0. The summed E-state index contributed by atoms with van der Waals surface area (Å²) >= 11 is 0. The molecule has 0 radical (unpaired) electrons. The summed E-state index contributed by atoms with van der Waals surface area (Å²) in [5, 5.41) is 0. The lowest BCUT2D eigenvalue weighted by Gasteiger charge is -2.34. The molecule has 2 fully saturated rings. The predicted molar refractivity (Wildman–Crippen MR) is 72.6 cm³/mol. The van der Waals surface area contributed by atoms with Gasteiger partial charge in [0.1, 0.15) is 5.41 Å². The molecule has 2 bridgehead atoms. The second-order valence-electron chi connectivity index (χ2n) is 6.69. The zero-order valence-electron chi connectivity index (χ0n) is 11.3. The summed E-state index contributed by atoms with van der Waals surface area (Å²) in [6.45, 7) is 7.41. The summed E-state index contributed by atoms with van der Waals surface area (Å²) in [5.41, 5.74) is 2.51. The molecule has 2 aliphatic carbocycles. The van der Waals surface area contributed by atoms with Gasteiger partial charge in [-0.05, 0) is 18.4 Å². The van der Waals surface area contributed by atoms with E-state index in [9.17, 15) is 0 Å². The standard InChI is InChI=1S/C17H23/c1-13-11-15-9-10-17(13,16(15,2)3)12-14-7-5-4-6-8-14/h4-8,15H,9-12H2,1-3H3/q+1. The minimum absolute atomic E-state index is 0.485. The lowest BCUT2D eigenvalue weighted by atomic mass is 9.62. The minimum atomic E-state index is 0.485. The quantitative estimate of drug-likeness (QED) is 0.645. The van der Waals surface area contributed by atoms with Crippen LogP contribution in [-0.4, -0.2) is 0 Å². The van der Waals surface area contributed by atoms with Gasteiger partial charge in [-0.2, -0.15) is 0 Å². The van der Waals surface area contributed by atoms with Crippen LogP contribution in [0.3, 0.4) is 0 Å². The average Bonchev–Trinajstić information content (AvgIpc) is 2.64. The Balaban J connectivity index is 1.95. The van der Waals surface area contributed by atoms with Crippen LogP contribution in [0.15, 0.2) is 30.3 Å². The lowest BCUT2D eigenvalue weighted by Crippen LogP contribution is -2.35. The van der Waals surface area contributed by atoms with Crippen molar-refractivity contribution in [2.75, 3.05) is 0 Å². The maximum Gasteiger partial charge on any atom is 0.119 e. The smallest absolute Gasteiger partial charge is 0.0622 e. The topological polar surface area (TPSA) is 0 Å². The number of hydrogen-bond donors (Lipinski definition) is 0. The molecular weight excluding hydrogens is 204 g/mol. The Morgan fingerprint density at radius 3 is 2.47 bits per heavy atom. The first-order valence-electron chi connectivity index (χ1n) is 6.93. The fourth-order valence-electron chi connectivity index (χ4n) is 4.59. The predicted octanol–water partition coefficient (Wildman–Crippen LogP) is 4.65. The molecule has 3 rings (SSSR count). The first-order chi connectivity index (χ1) is 8.06. The van der Waals surface area contributed by atoms with Crippen LogP contribution in [0.5, 0.6) is 0 Å². The second kappa shape index (κ2) is 3.54. The molecule has 0 heteroatoms. The first-order valence-corrected chi connectivity index (χ1v) is 6.93. The van der Waals surface area contributed by atoms with E-state index in [-0.39, 0.29) is 0 Å². The van der Waals surface area contributed by atoms with Crippen LogP contribution in [0.4, 0.5) is 0 Å². The molecule has 2 aliphatic rings. The number of rotatable bonds is 2. The van der Waals surface area contributed by atoms with E-state index in [0.717, 1.165) is 5.92 Å². The first kappa shape index (κ1) is 11.2. The molecule has 0 N–H and O–H groups in total. The molecule has 1 aromatic carbocycles. The molecule has 0 spiro atoms. The van der Waals surface area contributed by atoms with Crippen molar-refractivity contribution in [3.05, 3.63) is 41.8 Å². The summed E-state index contributed by atoms with van der Waals surface area (Å²) in [6.07, 6.45) is 5.48. The third-order valence-electron chi connectivity index (χ3n) is 5.89. The summed E-state index contributed by atoms with van der Waals surface area (Å²) in [6, 6.07) is 11.1. The number of hydrogen-bond acceptors (Lipinski definition) is 0. The van der Waals surface area contributed by atoms with Gasteiger partial charge in [-0.1, -0.05) is 44.2 Å². The molecule has 17 heavy (non-hydrogen) atoms. The summed E-state index contributed by atoms with van der Waals surface area (Å²) in [7, 11) is 0. The van der Waals surface area contributed by atoms with E-state index in [0.29, 0.717) is 10.8 Å². The van der Waals surface area contributed by atoms with Crippen molar-refractivity contribution < 1.29 is 0 Å². The molecule has 0 heterocycles. The third kappa shape index (κ3) is 1.39. The fraction of sp³-hybridized carbons (Fsp3) is 0.588. The Kier molecular flexibility index (Phi) is 2.33. The molecule has 0 saturated heterocycles. The highest BCUT2D eigenvalue weighted by atomic mass is 14.7. The largest absolute Gasteiger partial charge is 0.119 e. The van der Waals surface area contributed by atoms with E-state index < -0.39 is 0 Å². The van der Waals surface area contributed by atoms with Gasteiger partial charge in [0.2, 0.25) is 0 Å². The fourth-order valence-corrected chi connectivity index (χ4v) is 4.59. The Morgan fingerprint density at radius 1 is 1.24 bits per heavy atom. The number of benzene rings is 1. The van der Waals surface area contributed by atoms with Crippen molar-refractivity contribution in [2.24, 2.45) is 16.7 Å². The van der Waals surface area contributed by atoms with E-state index >= 15 is 0 Å². The molecule has 2 saturated carbocycles. The minimum Gasteiger partial charge on any atom is -0.0622 e. The third-order valence-corrected chi connectivity index (χ3v) is 5.89. The maximum absolute atomic E-state index is 2.50. The van der Waals surface area contributed by atoms with Gasteiger partial charge in [0.05, 0.1) is 19.3 Å². The van der Waals surface area contributed by atoms with Gasteiger partial charge < -0.3 is 0 Å². The van der Waals surface area contributed by atoms with Crippen molar-refractivity contribution in [1.29, 1.82) is 0 Å². The van der Waals surface area contributed by atoms with Crippen molar-refractivity contribution in [3.63, 3.8) is 0 Å². The van der Waals surface area contributed by atoms with E-state index in [2.05, 4.69) is 51.1 Å². The monoisotopic (exact) mass is 227 g/mol. The molecule has 0 amide bonds. The summed E-state index contributed by atoms with van der Waals surface area (Å²) in [5.74, 6) is 2.70. The zero-order valence-corrected chi connectivity index (χ0v) is 11.3. The second-order valence-corrected chi connectivity index (χ2v) is 6.69. The molecule has 0 aromatic heterocycles. The zero-order chi connectivity index (χ0) is 12.1. The van der Waals surface area contributed by atoms with Crippen LogP contribution < -0.4 is 0 Å². The van der Waals surface area contributed by atoms with Crippen molar-refractivity contribution in [3.8, 4) is 0 Å². The molecule has 2 atom stereocenters. The van der Waals surface area contributed by atoms with Crippen LogP contribution in [-0.2, 0) is 6.42 Å². The Hall–Kier alpha value is -0.910. The number of fused-ring (bicyclic) bond motifs is 2. The van der Waals surface area contributed by atoms with E-state index in [1.807, 2.05) is 0 Å². The Morgan fingerprint density at radius 2 is 1.94 bits per heavy atom. The normalized spacial score (nSPS) is 34.3. The summed E-state index contributed by atoms with van der Waals surface area (Å²) in [4.78, 5) is 0. The lowest BCUT2D eigenvalue weighted by molar-refractivity contribution is 0.143. The van der Waals surface area contributed by atoms with Gasteiger partial charge in [0.25, 0.3) is 0 Å². The van der Waals surface area contributed by atoms with Crippen LogP contribution in [0, 0.1) is 22.7 Å². The van der Waals surface area contributed by atoms with Crippen LogP contribution in [0.2, 0.25) is 0 Å². The van der Waals surface area contributed by atoms with Gasteiger partial charge in [0.15, 0.2) is 0 Å². The van der Waals surface area contributed by atoms with E-state index in [4.69, 9.17) is 0 Å². The van der Waals surface area contributed by atoms with E-state index in [1.54, 1.807) is 5.92 Å². The van der Waals surface area contributed by atoms with Crippen LogP contribution in [0.25, 0.3) is 0 Å². The molecule has 90 valence electrons. The van der Waals surface area contributed by atoms with Crippen LogP contribution >= 0.6 is 0 Å². The average molecular weight is 227 g/mol. The van der Waals surface area contributed by atoms with Gasteiger partial charge in [-0.25, -0.2) is 0 Å². The van der Waals surface area contributed by atoms with Crippen molar-refractivity contribution >= 4 is 0 Å². The molecule has 1 aromatic rings. The highest BCUT2D eigenvalue weighted by Crippen LogP contribution is 2.70. The Bertz CT molecular complexity index is 403. The van der Waals surface area contributed by atoms with Crippen molar-refractivity contribution in [1.82, 2.24) is 0 Å². The van der Waals surface area contributed by atoms with Gasteiger partial charge in [-0.3, -0.25) is 0 Å². The highest BCUT2D eigenvalue weighted by molar-refractivity contribution is 5.28.